The first kappa shape index (κ1) is 27.5. The molecule has 10 heteroatoms. The van der Waals surface area contributed by atoms with Gasteiger partial charge in [-0.15, -0.1) is 11.3 Å². The molecule has 3 aromatic rings. The first-order valence-electron chi connectivity index (χ1n) is 13.6. The lowest BCUT2D eigenvalue weighted by Gasteiger charge is -2.28. The molecular weight excluding hydrogens is 516 g/mol. The van der Waals surface area contributed by atoms with Crippen molar-refractivity contribution in [3.63, 3.8) is 0 Å². The minimum absolute atomic E-state index is 0.238. The Morgan fingerprint density at radius 3 is 2.38 bits per heavy atom. The Hall–Kier alpha value is -3.05. The van der Waals surface area contributed by atoms with Gasteiger partial charge in [0.15, 0.2) is 0 Å². The number of thiophene rings is 1. The van der Waals surface area contributed by atoms with E-state index in [1.807, 2.05) is 31.2 Å². The molecule has 39 heavy (non-hydrogen) atoms. The maximum Gasteiger partial charge on any atom is 0.348 e. The van der Waals surface area contributed by atoms with E-state index >= 15 is 0 Å². The highest BCUT2D eigenvalue weighted by atomic mass is 32.1. The number of methoxy groups -OCH3 is 1. The second-order valence-electron chi connectivity index (χ2n) is 9.73. The molecule has 0 atom stereocenters. The maximum absolute atomic E-state index is 12.3. The number of morpholine rings is 2. The van der Waals surface area contributed by atoms with E-state index < -0.39 is 5.97 Å². The highest BCUT2D eigenvalue weighted by molar-refractivity contribution is 7.21. The number of hydrogen-bond acceptors (Lipinski definition) is 8. The van der Waals surface area contributed by atoms with Crippen molar-refractivity contribution in [3.8, 4) is 16.9 Å². The molecule has 9 nitrogen and oxygen atoms in total. The van der Waals surface area contributed by atoms with Crippen molar-refractivity contribution in [2.45, 2.75) is 32.6 Å². The lowest BCUT2D eigenvalue weighted by Crippen LogP contribution is -2.39. The Bertz CT molecular complexity index is 1320. The van der Waals surface area contributed by atoms with Gasteiger partial charge in [0.2, 0.25) is 0 Å². The van der Waals surface area contributed by atoms with Crippen molar-refractivity contribution in [3.05, 3.63) is 40.4 Å². The predicted molar refractivity (Wildman–Crippen MR) is 154 cm³/mol. The van der Waals surface area contributed by atoms with E-state index in [1.165, 1.54) is 16.9 Å². The van der Waals surface area contributed by atoms with Crippen LogP contribution in [-0.2, 0) is 22.3 Å². The Labute approximate surface area is 232 Å². The molecule has 2 saturated heterocycles. The van der Waals surface area contributed by atoms with E-state index in [-0.39, 0.29) is 4.88 Å². The number of carbonyl (C=O) groups is 1. The fraction of sp³-hybridized carbons (Fsp3) is 0.483. The summed E-state index contributed by atoms with van der Waals surface area (Å²) in [6, 6.07) is 7.98. The van der Waals surface area contributed by atoms with Crippen LogP contribution in [0.4, 0.5) is 5.69 Å². The number of aryl methyl sites for hydroxylation is 1. The molecule has 0 spiro atoms. The number of nitrogens with one attached hydrogen (secondary N) is 1. The third-order valence-corrected chi connectivity index (χ3v) is 8.31. The van der Waals surface area contributed by atoms with Crippen LogP contribution in [0.15, 0.2) is 29.3 Å². The first-order valence-corrected chi connectivity index (χ1v) is 14.4. The van der Waals surface area contributed by atoms with Crippen molar-refractivity contribution in [2.75, 3.05) is 59.7 Å². The zero-order chi connectivity index (χ0) is 27.2. The van der Waals surface area contributed by atoms with Crippen LogP contribution in [0.3, 0.4) is 0 Å². The summed E-state index contributed by atoms with van der Waals surface area (Å²) in [5.74, 6) is 0.625. The fourth-order valence-corrected chi connectivity index (χ4v) is 6.22. The molecule has 1 aliphatic carbocycles. The van der Waals surface area contributed by atoms with Crippen LogP contribution in [0.5, 0.6) is 5.75 Å². The minimum atomic E-state index is -0.967. The molecule has 3 aliphatic rings. The van der Waals surface area contributed by atoms with E-state index in [1.54, 1.807) is 7.11 Å². The van der Waals surface area contributed by atoms with Crippen LogP contribution < -0.4 is 10.1 Å². The van der Waals surface area contributed by atoms with Crippen molar-refractivity contribution in [1.29, 1.82) is 0 Å². The molecule has 2 N–H and O–H groups in total. The van der Waals surface area contributed by atoms with E-state index in [9.17, 15) is 9.90 Å². The molecule has 0 radical (unpaired) electrons. The van der Waals surface area contributed by atoms with Crippen LogP contribution in [0.1, 0.15) is 40.7 Å². The van der Waals surface area contributed by atoms with Gasteiger partial charge in [-0.2, -0.15) is 0 Å². The van der Waals surface area contributed by atoms with E-state index in [4.69, 9.17) is 24.2 Å². The SMILES string of the molecule is C1COCCN1.COc1ccc(-c2c3c(nc4sc(C(=O)O)c(N=C(C)N5CCOCC5)c24)CCCC3)cc1. The van der Waals surface area contributed by atoms with Gasteiger partial charge in [-0.25, -0.2) is 14.8 Å². The number of aromatic nitrogens is 1. The molecule has 2 aromatic heterocycles. The van der Waals surface area contributed by atoms with Crippen molar-refractivity contribution >= 4 is 39.0 Å². The Morgan fingerprint density at radius 1 is 1.08 bits per heavy atom. The Kier molecular flexibility index (Phi) is 9.08. The van der Waals surface area contributed by atoms with Gasteiger partial charge in [0.1, 0.15) is 27.0 Å². The van der Waals surface area contributed by atoms with Crippen LogP contribution in [0.25, 0.3) is 21.3 Å². The monoisotopic (exact) mass is 552 g/mol. The van der Waals surface area contributed by atoms with Crippen LogP contribution in [-0.4, -0.2) is 86.5 Å². The van der Waals surface area contributed by atoms with E-state index in [0.29, 0.717) is 18.9 Å². The van der Waals surface area contributed by atoms with Gasteiger partial charge in [0.05, 0.1) is 33.5 Å². The third-order valence-electron chi connectivity index (χ3n) is 7.25. The highest BCUT2D eigenvalue weighted by Crippen LogP contribution is 2.46. The Morgan fingerprint density at radius 2 is 1.77 bits per heavy atom. The number of benzene rings is 1. The van der Waals surface area contributed by atoms with Gasteiger partial charge in [-0.05, 0) is 61.4 Å². The Balaban J connectivity index is 0.000000455. The number of amidine groups is 1. The van der Waals surface area contributed by atoms with Crippen molar-refractivity contribution in [2.24, 2.45) is 4.99 Å². The summed E-state index contributed by atoms with van der Waals surface area (Å²) in [7, 11) is 1.65. The molecule has 208 valence electrons. The molecule has 0 bridgehead atoms. The molecule has 0 saturated carbocycles. The summed E-state index contributed by atoms with van der Waals surface area (Å²) < 4.78 is 15.8. The molecular formula is C29H36N4O5S. The first-order chi connectivity index (χ1) is 19.1. The number of fused-ring (bicyclic) bond motifs is 2. The smallest absolute Gasteiger partial charge is 0.348 e. The molecule has 0 amide bonds. The number of carboxylic acids is 1. The van der Waals surface area contributed by atoms with Gasteiger partial charge in [0.25, 0.3) is 0 Å². The number of aliphatic imine (C=N–C) groups is 1. The standard InChI is InChI=1S/C25H27N3O4S.C4H9NO/c1-15(28-11-13-32-14-12-28)26-22-21-20(16-7-9-17(31-2)10-8-16)18-5-3-4-6-19(18)27-24(21)33-23(22)25(29)30;1-3-6-4-2-5-1/h7-10H,3-6,11-14H2,1-2H3,(H,29,30);5H,1-4H2. The molecule has 2 aliphatic heterocycles. The number of hydrogen-bond donors (Lipinski definition) is 2. The summed E-state index contributed by atoms with van der Waals surface area (Å²) in [6.07, 6.45) is 4.06. The van der Waals surface area contributed by atoms with Gasteiger partial charge >= 0.3 is 5.97 Å². The second-order valence-corrected chi connectivity index (χ2v) is 10.7. The largest absolute Gasteiger partial charge is 0.497 e. The molecule has 6 rings (SSSR count). The number of ether oxygens (including phenoxy) is 3. The summed E-state index contributed by atoms with van der Waals surface area (Å²) in [6.45, 7) is 8.57. The van der Waals surface area contributed by atoms with Gasteiger partial charge in [-0.1, -0.05) is 12.1 Å². The molecule has 1 aromatic carbocycles. The summed E-state index contributed by atoms with van der Waals surface area (Å²) in [5.41, 5.74) is 4.91. The number of nitrogens with zero attached hydrogens (tertiary/aromatic N) is 3. The fourth-order valence-electron chi connectivity index (χ4n) is 5.23. The summed E-state index contributed by atoms with van der Waals surface area (Å²) in [5, 5.41) is 14.1. The maximum atomic E-state index is 12.3. The third kappa shape index (κ3) is 6.24. The van der Waals surface area contributed by atoms with Crippen molar-refractivity contribution < 1.29 is 24.1 Å². The normalized spacial score (nSPS) is 17.8. The van der Waals surface area contributed by atoms with E-state index in [2.05, 4.69) is 10.2 Å². The predicted octanol–water partition coefficient (Wildman–Crippen LogP) is 4.54. The molecule has 4 heterocycles. The topological polar surface area (TPSA) is 106 Å². The van der Waals surface area contributed by atoms with Crippen LogP contribution in [0.2, 0.25) is 0 Å². The second kappa shape index (κ2) is 12.9. The number of aromatic carboxylic acids is 1. The summed E-state index contributed by atoms with van der Waals surface area (Å²) in [4.78, 5) is 25.3. The minimum Gasteiger partial charge on any atom is -0.497 e. The van der Waals surface area contributed by atoms with Gasteiger partial charge in [0, 0.05) is 37.3 Å². The lowest BCUT2D eigenvalue weighted by atomic mass is 9.87. The van der Waals surface area contributed by atoms with Crippen molar-refractivity contribution in [1.82, 2.24) is 15.2 Å². The number of rotatable bonds is 4. The van der Waals surface area contributed by atoms with Gasteiger partial charge < -0.3 is 29.5 Å². The quantitative estimate of drug-likeness (QED) is 0.359. The zero-order valence-electron chi connectivity index (χ0n) is 22.6. The van der Waals surface area contributed by atoms with Crippen LogP contribution in [0, 0.1) is 0 Å². The number of carboxylic acid groups (broad SMARTS) is 1. The van der Waals surface area contributed by atoms with E-state index in [0.717, 1.165) is 104 Å². The van der Waals surface area contributed by atoms with Crippen LogP contribution >= 0.6 is 11.3 Å². The molecule has 2 fully saturated rings. The average molecular weight is 553 g/mol. The van der Waals surface area contributed by atoms with Gasteiger partial charge in [-0.3, -0.25) is 0 Å². The summed E-state index contributed by atoms with van der Waals surface area (Å²) >= 11 is 1.22. The highest BCUT2D eigenvalue weighted by Gasteiger charge is 2.27. The average Bonchev–Trinajstić information content (AvgIpc) is 3.35. The zero-order valence-corrected chi connectivity index (χ0v) is 23.4. The lowest BCUT2D eigenvalue weighted by molar-refractivity contribution is 0.0677. The molecule has 0 unspecified atom stereocenters. The number of pyridine rings is 1.